The molecule has 2 heteroatoms. The fourth-order valence-electron chi connectivity index (χ4n) is 1.95. The number of nitrogens with two attached hydrogens (primary N) is 1. The van der Waals surface area contributed by atoms with Crippen LogP contribution in [0.4, 0.5) is 0 Å². The highest BCUT2D eigenvalue weighted by molar-refractivity contribution is 5.42. The van der Waals surface area contributed by atoms with Crippen LogP contribution in [0.1, 0.15) is 36.0 Å². The van der Waals surface area contributed by atoms with Crippen LogP contribution < -0.4 is 5.73 Å². The van der Waals surface area contributed by atoms with Gasteiger partial charge < -0.3 is 5.73 Å². The summed E-state index contributed by atoms with van der Waals surface area (Å²) in [7, 11) is 0. The molecule has 1 aromatic carbocycles. The Hall–Kier alpha value is -1.33. The lowest BCUT2D eigenvalue weighted by Gasteiger charge is -2.38. The minimum atomic E-state index is -0.112. The summed E-state index contributed by atoms with van der Waals surface area (Å²) in [5.74, 6) is 0. The second-order valence-corrected chi connectivity index (χ2v) is 4.15. The monoisotopic (exact) mass is 186 g/mol. The molecule has 0 aromatic heterocycles. The summed E-state index contributed by atoms with van der Waals surface area (Å²) in [6.45, 7) is 1.96. The van der Waals surface area contributed by atoms with Crippen LogP contribution in [0.3, 0.4) is 0 Å². The van der Waals surface area contributed by atoms with E-state index in [0.717, 1.165) is 24.0 Å². The molecular weight excluding hydrogens is 172 g/mol. The number of hydrogen-bond acceptors (Lipinski definition) is 2. The Labute approximate surface area is 84.3 Å². The minimum absolute atomic E-state index is 0.112. The van der Waals surface area contributed by atoms with Gasteiger partial charge in [-0.25, -0.2) is 0 Å². The van der Waals surface area contributed by atoms with Crippen molar-refractivity contribution >= 4 is 0 Å². The van der Waals surface area contributed by atoms with Gasteiger partial charge >= 0.3 is 0 Å². The van der Waals surface area contributed by atoms with Crippen molar-refractivity contribution in [1.82, 2.24) is 0 Å². The maximum absolute atomic E-state index is 8.80. The van der Waals surface area contributed by atoms with E-state index in [1.165, 1.54) is 12.0 Å². The maximum atomic E-state index is 8.80. The van der Waals surface area contributed by atoms with Crippen LogP contribution in [-0.4, -0.2) is 0 Å². The van der Waals surface area contributed by atoms with Gasteiger partial charge in [-0.15, -0.1) is 0 Å². The molecule has 1 fully saturated rings. The SMILES string of the molecule is Cc1cc(C2(N)CCC2)ccc1C#N. The Balaban J connectivity index is 2.38. The molecule has 0 heterocycles. The van der Waals surface area contributed by atoms with E-state index >= 15 is 0 Å². The molecule has 2 nitrogen and oxygen atoms in total. The van der Waals surface area contributed by atoms with Crippen LogP contribution in [0.15, 0.2) is 18.2 Å². The molecule has 14 heavy (non-hydrogen) atoms. The largest absolute Gasteiger partial charge is 0.321 e. The van der Waals surface area contributed by atoms with Gasteiger partial charge in [0.05, 0.1) is 11.6 Å². The first-order valence-corrected chi connectivity index (χ1v) is 4.96. The van der Waals surface area contributed by atoms with E-state index in [-0.39, 0.29) is 5.54 Å². The van der Waals surface area contributed by atoms with Crippen molar-refractivity contribution in [3.05, 3.63) is 34.9 Å². The highest BCUT2D eigenvalue weighted by atomic mass is 14.8. The highest BCUT2D eigenvalue weighted by Crippen LogP contribution is 2.38. The molecule has 0 aliphatic heterocycles. The van der Waals surface area contributed by atoms with Crippen LogP contribution in [0.5, 0.6) is 0 Å². The van der Waals surface area contributed by atoms with E-state index in [2.05, 4.69) is 12.1 Å². The number of nitrogens with zero attached hydrogens (tertiary/aromatic N) is 1. The van der Waals surface area contributed by atoms with Crippen molar-refractivity contribution in [3.63, 3.8) is 0 Å². The zero-order valence-corrected chi connectivity index (χ0v) is 8.38. The predicted octanol–water partition coefficient (Wildman–Crippen LogP) is 2.20. The van der Waals surface area contributed by atoms with Crippen molar-refractivity contribution in [3.8, 4) is 6.07 Å². The Bertz CT molecular complexity index is 397. The van der Waals surface area contributed by atoms with Crippen LogP contribution in [0, 0.1) is 18.3 Å². The summed E-state index contributed by atoms with van der Waals surface area (Å²) in [6.07, 6.45) is 3.35. The number of hydrogen-bond donors (Lipinski definition) is 1. The zero-order chi connectivity index (χ0) is 10.2. The standard InChI is InChI=1S/C12H14N2/c1-9-7-11(4-3-10(9)8-13)12(14)5-2-6-12/h3-4,7H,2,5-6,14H2,1H3. The Morgan fingerprint density at radius 1 is 1.43 bits per heavy atom. The van der Waals surface area contributed by atoms with E-state index in [9.17, 15) is 0 Å². The van der Waals surface area contributed by atoms with Gasteiger partial charge in [0.25, 0.3) is 0 Å². The third-order valence-electron chi connectivity index (χ3n) is 3.17. The van der Waals surface area contributed by atoms with Gasteiger partial charge in [-0.3, -0.25) is 0 Å². The second kappa shape index (κ2) is 3.11. The molecule has 0 bridgehead atoms. The summed E-state index contributed by atoms with van der Waals surface area (Å²) in [5, 5.41) is 8.80. The molecule has 0 radical (unpaired) electrons. The minimum Gasteiger partial charge on any atom is -0.321 e. The molecule has 0 spiro atoms. The van der Waals surface area contributed by atoms with E-state index in [0.29, 0.717) is 0 Å². The first kappa shape index (κ1) is 9.23. The summed E-state index contributed by atoms with van der Waals surface area (Å²) < 4.78 is 0. The number of aryl methyl sites for hydroxylation is 1. The van der Waals surface area contributed by atoms with Gasteiger partial charge in [-0.1, -0.05) is 12.1 Å². The molecule has 2 rings (SSSR count). The van der Waals surface area contributed by atoms with Crippen molar-refractivity contribution in [2.45, 2.75) is 31.7 Å². The molecule has 0 atom stereocenters. The normalized spacial score (nSPS) is 18.4. The summed E-state index contributed by atoms with van der Waals surface area (Å²) >= 11 is 0. The molecule has 0 unspecified atom stereocenters. The molecule has 0 saturated heterocycles. The molecule has 0 amide bonds. The van der Waals surface area contributed by atoms with Gasteiger partial charge in [0.1, 0.15) is 0 Å². The van der Waals surface area contributed by atoms with Crippen molar-refractivity contribution < 1.29 is 0 Å². The van der Waals surface area contributed by atoms with Crippen LogP contribution in [-0.2, 0) is 5.54 Å². The fourth-order valence-corrected chi connectivity index (χ4v) is 1.95. The van der Waals surface area contributed by atoms with E-state index in [1.54, 1.807) is 0 Å². The number of benzene rings is 1. The molecule has 1 aliphatic carbocycles. The average molecular weight is 186 g/mol. The van der Waals surface area contributed by atoms with Gasteiger partial charge in [0.15, 0.2) is 0 Å². The zero-order valence-electron chi connectivity index (χ0n) is 8.38. The lowest BCUT2D eigenvalue weighted by Crippen LogP contribution is -2.43. The van der Waals surface area contributed by atoms with E-state index in [4.69, 9.17) is 11.0 Å². The van der Waals surface area contributed by atoms with Crippen LogP contribution >= 0.6 is 0 Å². The lowest BCUT2D eigenvalue weighted by molar-refractivity contribution is 0.253. The topological polar surface area (TPSA) is 49.8 Å². The van der Waals surface area contributed by atoms with Gasteiger partial charge in [0, 0.05) is 5.54 Å². The highest BCUT2D eigenvalue weighted by Gasteiger charge is 2.34. The summed E-state index contributed by atoms with van der Waals surface area (Å²) in [5.41, 5.74) is 9.05. The number of nitriles is 1. The second-order valence-electron chi connectivity index (χ2n) is 4.15. The van der Waals surface area contributed by atoms with Crippen LogP contribution in [0.25, 0.3) is 0 Å². The first-order valence-electron chi connectivity index (χ1n) is 4.96. The quantitative estimate of drug-likeness (QED) is 0.731. The molecular formula is C12H14N2. The predicted molar refractivity (Wildman–Crippen MR) is 55.6 cm³/mol. The first-order chi connectivity index (χ1) is 6.65. The third kappa shape index (κ3) is 1.30. The van der Waals surface area contributed by atoms with Crippen molar-refractivity contribution in [1.29, 1.82) is 5.26 Å². The van der Waals surface area contributed by atoms with Gasteiger partial charge in [-0.05, 0) is 43.4 Å². The number of rotatable bonds is 1. The Kier molecular flexibility index (Phi) is 2.05. The smallest absolute Gasteiger partial charge is 0.0994 e. The summed E-state index contributed by atoms with van der Waals surface area (Å²) in [4.78, 5) is 0. The molecule has 1 aliphatic rings. The fraction of sp³-hybridized carbons (Fsp3) is 0.417. The molecule has 1 saturated carbocycles. The summed E-state index contributed by atoms with van der Waals surface area (Å²) in [6, 6.07) is 8.09. The third-order valence-corrected chi connectivity index (χ3v) is 3.17. The average Bonchev–Trinajstić information content (AvgIpc) is 2.14. The Morgan fingerprint density at radius 3 is 2.57 bits per heavy atom. The van der Waals surface area contributed by atoms with E-state index < -0.39 is 0 Å². The molecule has 2 N–H and O–H groups in total. The van der Waals surface area contributed by atoms with Crippen molar-refractivity contribution in [2.75, 3.05) is 0 Å². The van der Waals surface area contributed by atoms with Crippen LogP contribution in [0.2, 0.25) is 0 Å². The van der Waals surface area contributed by atoms with Gasteiger partial charge in [-0.2, -0.15) is 5.26 Å². The van der Waals surface area contributed by atoms with E-state index in [1.807, 2.05) is 19.1 Å². The lowest BCUT2D eigenvalue weighted by atomic mass is 9.72. The Morgan fingerprint density at radius 2 is 2.14 bits per heavy atom. The molecule has 72 valence electrons. The molecule has 1 aromatic rings. The van der Waals surface area contributed by atoms with Gasteiger partial charge in [0.2, 0.25) is 0 Å². The maximum Gasteiger partial charge on any atom is 0.0994 e. The van der Waals surface area contributed by atoms with Crippen molar-refractivity contribution in [2.24, 2.45) is 5.73 Å².